The molecule has 0 fully saturated rings. The third-order valence-corrected chi connectivity index (χ3v) is 12.2. The van der Waals surface area contributed by atoms with E-state index in [0.29, 0.717) is 36.2 Å². The molecule has 2 aliphatic rings. The van der Waals surface area contributed by atoms with Crippen molar-refractivity contribution < 1.29 is 4.79 Å². The standard InChI is InChI=1S/C47H40Cl2N8O/c48-37-13-11-33(41-19-27-17-25(1-15-39(27)56-41)21-52-31-7-3-29(50)4-8-31)43-35(37)23-54-45(43)47(58)46-44-34(12-14-38(49)36(44)24-55-46)42-20-28-18-26(2-16-40(28)57-42)22-53-32-9-5-30(51)6-10-32/h1-20,45-46,52-57H,21-24,50-51H2. The largest absolute Gasteiger partial charge is 0.399 e. The molecule has 0 saturated carbocycles. The summed E-state index contributed by atoms with van der Waals surface area (Å²) < 4.78 is 0. The molecule has 0 amide bonds. The van der Waals surface area contributed by atoms with Crippen LogP contribution in [0.5, 0.6) is 0 Å². The molecule has 2 atom stereocenters. The second kappa shape index (κ2) is 14.6. The van der Waals surface area contributed by atoms with E-state index in [1.165, 1.54) is 0 Å². The Labute approximate surface area is 345 Å². The summed E-state index contributed by atoms with van der Waals surface area (Å²) in [6.07, 6.45) is 0. The van der Waals surface area contributed by atoms with E-state index in [9.17, 15) is 4.79 Å². The first-order valence-electron chi connectivity index (χ1n) is 19.3. The molecule has 2 aliphatic heterocycles. The topological polar surface area (TPSA) is 149 Å². The number of fused-ring (bicyclic) bond motifs is 4. The maximum absolute atomic E-state index is 15.0. The minimum atomic E-state index is -0.594. The number of benzene rings is 6. The first-order valence-corrected chi connectivity index (χ1v) is 20.1. The third-order valence-electron chi connectivity index (χ3n) is 11.5. The molecule has 58 heavy (non-hydrogen) atoms. The van der Waals surface area contributed by atoms with Crippen LogP contribution in [0.2, 0.25) is 10.0 Å². The van der Waals surface area contributed by atoms with Crippen molar-refractivity contribution in [2.75, 3.05) is 22.1 Å². The van der Waals surface area contributed by atoms with Crippen LogP contribution in [0, 0.1) is 0 Å². The summed E-state index contributed by atoms with van der Waals surface area (Å²) in [6, 6.07) is 39.3. The van der Waals surface area contributed by atoms with Crippen molar-refractivity contribution in [1.29, 1.82) is 0 Å². The lowest BCUT2D eigenvalue weighted by molar-refractivity contribution is -0.123. The number of halogens is 2. The van der Waals surface area contributed by atoms with Crippen molar-refractivity contribution in [1.82, 2.24) is 20.6 Å². The van der Waals surface area contributed by atoms with E-state index in [1.54, 1.807) is 0 Å². The van der Waals surface area contributed by atoms with Gasteiger partial charge in [0, 0.05) is 103 Å². The normalized spacial score (nSPS) is 15.8. The monoisotopic (exact) mass is 802 g/mol. The van der Waals surface area contributed by atoms with Gasteiger partial charge in [0.1, 0.15) is 0 Å². The van der Waals surface area contributed by atoms with E-state index < -0.39 is 12.1 Å². The number of Topliss-reactive ketones (excluding diaryl/α,β-unsaturated/α-hetero) is 1. The van der Waals surface area contributed by atoms with Crippen molar-refractivity contribution in [3.05, 3.63) is 165 Å². The van der Waals surface area contributed by atoms with Crippen molar-refractivity contribution in [2.45, 2.75) is 38.3 Å². The number of aromatic amines is 2. The number of nitrogen functional groups attached to an aromatic ring is 2. The smallest absolute Gasteiger partial charge is 0.175 e. The van der Waals surface area contributed by atoms with E-state index in [4.69, 9.17) is 34.7 Å². The minimum absolute atomic E-state index is 0.0174. The minimum Gasteiger partial charge on any atom is -0.399 e. The second-order valence-corrected chi connectivity index (χ2v) is 16.0. The molecule has 0 spiro atoms. The van der Waals surface area contributed by atoms with Gasteiger partial charge in [-0.25, -0.2) is 0 Å². The molecule has 6 aromatic carbocycles. The summed E-state index contributed by atoms with van der Waals surface area (Å²) in [5, 5.41) is 17.4. The van der Waals surface area contributed by atoms with Gasteiger partial charge in [-0.15, -0.1) is 0 Å². The Morgan fingerprint density at radius 2 is 1.00 bits per heavy atom. The van der Waals surface area contributed by atoms with Crippen LogP contribution >= 0.6 is 23.2 Å². The number of ketones is 1. The quantitative estimate of drug-likeness (QED) is 0.0642. The summed E-state index contributed by atoms with van der Waals surface area (Å²) in [5.74, 6) is 0.0174. The molecule has 0 radical (unpaired) electrons. The van der Waals surface area contributed by atoms with Gasteiger partial charge in [-0.3, -0.25) is 15.4 Å². The van der Waals surface area contributed by atoms with Gasteiger partial charge in [-0.2, -0.15) is 0 Å². The van der Waals surface area contributed by atoms with E-state index in [2.05, 4.69) is 79.8 Å². The molecule has 2 aromatic heterocycles. The average molecular weight is 804 g/mol. The summed E-state index contributed by atoms with van der Waals surface area (Å²) in [7, 11) is 0. The molecule has 11 heteroatoms. The maximum atomic E-state index is 15.0. The summed E-state index contributed by atoms with van der Waals surface area (Å²) in [5.41, 5.74) is 27.0. The third kappa shape index (κ3) is 6.62. The number of hydrogen-bond donors (Lipinski definition) is 8. The predicted octanol–water partition coefficient (Wildman–Crippen LogP) is 10.2. The Balaban J connectivity index is 0.943. The van der Waals surface area contributed by atoms with Crippen LogP contribution in [0.1, 0.15) is 45.5 Å². The highest BCUT2D eigenvalue weighted by Gasteiger charge is 2.41. The zero-order valence-electron chi connectivity index (χ0n) is 31.3. The van der Waals surface area contributed by atoms with Gasteiger partial charge < -0.3 is 32.1 Å². The van der Waals surface area contributed by atoms with Crippen LogP contribution in [0.25, 0.3) is 44.3 Å². The van der Waals surface area contributed by atoms with E-state index >= 15 is 0 Å². The van der Waals surface area contributed by atoms with Gasteiger partial charge in [0.2, 0.25) is 0 Å². The van der Waals surface area contributed by atoms with Gasteiger partial charge >= 0.3 is 0 Å². The Kier molecular flexibility index (Phi) is 9.10. The van der Waals surface area contributed by atoms with Crippen LogP contribution in [-0.2, 0) is 31.0 Å². The Morgan fingerprint density at radius 3 is 1.43 bits per heavy atom. The Hall–Kier alpha value is -6.23. The number of rotatable bonds is 10. The van der Waals surface area contributed by atoms with Gasteiger partial charge in [0.15, 0.2) is 5.78 Å². The van der Waals surface area contributed by atoms with E-state index in [1.807, 2.05) is 72.8 Å². The van der Waals surface area contributed by atoms with Crippen LogP contribution in [0.4, 0.5) is 22.7 Å². The lowest BCUT2D eigenvalue weighted by Crippen LogP contribution is -2.32. The molecule has 10 rings (SSSR count). The zero-order chi connectivity index (χ0) is 39.5. The number of nitrogens with two attached hydrogens (primary N) is 2. The molecule has 288 valence electrons. The molecule has 10 N–H and O–H groups in total. The van der Waals surface area contributed by atoms with Crippen LogP contribution in [0.15, 0.2) is 121 Å². The molecular weight excluding hydrogens is 763 g/mol. The fourth-order valence-corrected chi connectivity index (χ4v) is 8.98. The molecule has 0 aliphatic carbocycles. The molecule has 2 unspecified atom stereocenters. The number of hydrogen-bond acceptors (Lipinski definition) is 7. The molecule has 0 bridgehead atoms. The number of anilines is 4. The molecular formula is C47H40Cl2N8O. The summed E-state index contributed by atoms with van der Waals surface area (Å²) in [4.78, 5) is 22.2. The molecule has 4 heterocycles. The predicted molar refractivity (Wildman–Crippen MR) is 238 cm³/mol. The molecule has 9 nitrogen and oxygen atoms in total. The molecule has 0 saturated heterocycles. The van der Waals surface area contributed by atoms with Crippen molar-refractivity contribution in [3.8, 4) is 22.5 Å². The SMILES string of the molecule is Nc1ccc(NCc2ccc3[nH]c(-c4ccc(Cl)c5c4C(C(=O)C4NCc6c(Cl)ccc(-c7cc8cc(CNc9ccc(N)cc9)ccc8[nH]7)c64)NC5)cc3c2)cc1. The average Bonchev–Trinajstić information content (AvgIpc) is 4.05. The Bertz CT molecular complexity index is 2690. The van der Waals surface area contributed by atoms with Crippen LogP contribution in [0.3, 0.4) is 0 Å². The highest BCUT2D eigenvalue weighted by Crippen LogP contribution is 2.45. The first-order chi connectivity index (χ1) is 28.3. The lowest BCUT2D eigenvalue weighted by atomic mass is 9.87. The van der Waals surface area contributed by atoms with Crippen molar-refractivity contribution in [3.63, 3.8) is 0 Å². The first kappa shape index (κ1) is 36.1. The highest BCUT2D eigenvalue weighted by molar-refractivity contribution is 6.32. The van der Waals surface area contributed by atoms with E-state index in [0.717, 1.165) is 100 Å². The Morgan fingerprint density at radius 1 is 0.569 bits per heavy atom. The number of aromatic nitrogens is 2. The van der Waals surface area contributed by atoms with Crippen molar-refractivity contribution in [2.24, 2.45) is 0 Å². The maximum Gasteiger partial charge on any atom is 0.175 e. The van der Waals surface area contributed by atoms with Crippen LogP contribution < -0.4 is 32.7 Å². The second-order valence-electron chi connectivity index (χ2n) is 15.2. The fourth-order valence-electron chi connectivity index (χ4n) is 8.51. The summed E-state index contributed by atoms with van der Waals surface area (Å²) in [6.45, 7) is 2.31. The van der Waals surface area contributed by atoms with E-state index in [-0.39, 0.29) is 5.78 Å². The number of nitrogens with one attached hydrogen (secondary N) is 6. The fraction of sp³-hybridized carbons (Fsp3) is 0.128. The molecule has 8 aromatic rings. The van der Waals surface area contributed by atoms with Gasteiger partial charge in [-0.05, 0) is 130 Å². The highest BCUT2D eigenvalue weighted by atomic mass is 35.5. The van der Waals surface area contributed by atoms with Crippen LogP contribution in [-0.4, -0.2) is 15.8 Å². The van der Waals surface area contributed by atoms with Crippen molar-refractivity contribution >= 4 is 73.5 Å². The van der Waals surface area contributed by atoms with Gasteiger partial charge in [0.05, 0.1) is 12.1 Å². The lowest BCUT2D eigenvalue weighted by Gasteiger charge is -2.21. The zero-order valence-corrected chi connectivity index (χ0v) is 32.9. The van der Waals surface area contributed by atoms with Gasteiger partial charge in [-0.1, -0.05) is 47.5 Å². The summed E-state index contributed by atoms with van der Waals surface area (Å²) >= 11 is 13.7. The number of carbonyl (C=O) groups excluding carboxylic acids is 1. The number of H-pyrrole nitrogens is 2. The van der Waals surface area contributed by atoms with Gasteiger partial charge in [0.25, 0.3) is 0 Å². The number of carbonyl (C=O) groups is 1.